The maximum Gasteiger partial charge on any atom is 0.243 e. The molecule has 3 aromatic rings. The molecule has 9 nitrogen and oxygen atoms in total. The van der Waals surface area contributed by atoms with E-state index in [0.29, 0.717) is 54.0 Å². The Morgan fingerprint density at radius 1 is 1.05 bits per heavy atom. The first-order valence-corrected chi connectivity index (χ1v) is 15.3. The fourth-order valence-corrected chi connectivity index (χ4v) is 6.79. The predicted octanol–water partition coefficient (Wildman–Crippen LogP) is 4.14. The van der Waals surface area contributed by atoms with Crippen LogP contribution in [0.3, 0.4) is 0 Å². The molecule has 12 heteroatoms. The number of hydrogen-bond acceptors (Lipinski definition) is 7. The van der Waals surface area contributed by atoms with Crippen LogP contribution in [0.4, 0.5) is 0 Å². The lowest BCUT2D eigenvalue weighted by atomic mass is 10.1. The van der Waals surface area contributed by atoms with Crippen LogP contribution in [-0.2, 0) is 21.2 Å². The van der Waals surface area contributed by atoms with Crippen molar-refractivity contribution in [3.05, 3.63) is 64.9 Å². The zero-order valence-corrected chi connectivity index (χ0v) is 23.5. The first kappa shape index (κ1) is 28.3. The molecule has 202 valence electrons. The van der Waals surface area contributed by atoms with Gasteiger partial charge in [-0.15, -0.1) is 10.2 Å². The van der Waals surface area contributed by atoms with Gasteiger partial charge in [-0.25, -0.2) is 8.42 Å². The minimum atomic E-state index is -3.55. The van der Waals surface area contributed by atoms with Gasteiger partial charge >= 0.3 is 0 Å². The Labute approximate surface area is 232 Å². The summed E-state index contributed by atoms with van der Waals surface area (Å²) in [6.45, 7) is 3.05. The standard InChI is InChI=1S/C26H30ClN5O4S2/c1-19(33)28-14-6-9-25-29-30-26(32(25)22-8-5-7-21(27)17-22)37-18-24(34)20-10-12-23(13-11-20)38(35,36)31-15-3-2-4-16-31/h5,7-8,10-13,17H,2-4,6,9,14-16,18H2,1H3,(H,28,33). The molecule has 1 N–H and O–H groups in total. The lowest BCUT2D eigenvalue weighted by molar-refractivity contribution is -0.118. The third kappa shape index (κ3) is 7.02. The monoisotopic (exact) mass is 575 g/mol. The minimum absolute atomic E-state index is 0.0896. The number of rotatable bonds is 11. The molecular weight excluding hydrogens is 546 g/mol. The molecule has 1 saturated heterocycles. The van der Waals surface area contributed by atoms with Crippen molar-refractivity contribution in [2.24, 2.45) is 0 Å². The van der Waals surface area contributed by atoms with E-state index in [1.807, 2.05) is 16.7 Å². The number of aromatic nitrogens is 3. The molecule has 0 bridgehead atoms. The largest absolute Gasteiger partial charge is 0.356 e. The van der Waals surface area contributed by atoms with E-state index in [2.05, 4.69) is 15.5 Å². The summed E-state index contributed by atoms with van der Waals surface area (Å²) in [7, 11) is -3.55. The predicted molar refractivity (Wildman–Crippen MR) is 147 cm³/mol. The van der Waals surface area contributed by atoms with Gasteiger partial charge in [0.2, 0.25) is 15.9 Å². The Bertz CT molecular complexity index is 1390. The average molecular weight is 576 g/mol. The number of piperidine rings is 1. The van der Waals surface area contributed by atoms with Crippen LogP contribution in [0.2, 0.25) is 5.02 Å². The summed E-state index contributed by atoms with van der Waals surface area (Å²) in [5.74, 6) is 0.556. The van der Waals surface area contributed by atoms with Gasteiger partial charge in [-0.2, -0.15) is 4.31 Å². The lowest BCUT2D eigenvalue weighted by Gasteiger charge is -2.25. The number of ketones is 1. The quantitative estimate of drug-likeness (QED) is 0.208. The number of halogens is 1. The number of Topliss-reactive ketones (excluding diaryl/α,β-unsaturated/α-hetero) is 1. The van der Waals surface area contributed by atoms with Crippen molar-refractivity contribution in [1.82, 2.24) is 24.4 Å². The summed E-state index contributed by atoms with van der Waals surface area (Å²) in [6.07, 6.45) is 4.02. The Morgan fingerprint density at radius 2 is 1.79 bits per heavy atom. The molecule has 0 aliphatic carbocycles. The molecule has 1 fully saturated rings. The second-order valence-corrected chi connectivity index (χ2v) is 12.3. The number of nitrogens with one attached hydrogen (secondary N) is 1. The van der Waals surface area contributed by atoms with Crippen LogP contribution in [0, 0.1) is 0 Å². The summed E-state index contributed by atoms with van der Waals surface area (Å²) >= 11 is 7.47. The van der Waals surface area contributed by atoms with Crippen LogP contribution >= 0.6 is 23.4 Å². The van der Waals surface area contributed by atoms with Gasteiger partial charge in [0.1, 0.15) is 5.82 Å². The van der Waals surface area contributed by atoms with Gasteiger partial charge < -0.3 is 5.32 Å². The summed E-state index contributed by atoms with van der Waals surface area (Å²) < 4.78 is 29.2. The van der Waals surface area contributed by atoms with Gasteiger partial charge in [0.05, 0.1) is 16.3 Å². The third-order valence-electron chi connectivity index (χ3n) is 6.18. The molecule has 0 saturated carbocycles. The molecule has 0 unspecified atom stereocenters. The summed E-state index contributed by atoms with van der Waals surface area (Å²) in [6, 6.07) is 13.4. The third-order valence-corrected chi connectivity index (χ3v) is 9.26. The van der Waals surface area contributed by atoms with Crippen molar-refractivity contribution in [3.63, 3.8) is 0 Å². The Balaban J connectivity index is 1.46. The van der Waals surface area contributed by atoms with E-state index in [9.17, 15) is 18.0 Å². The van der Waals surface area contributed by atoms with Crippen molar-refractivity contribution in [3.8, 4) is 5.69 Å². The molecule has 2 aromatic carbocycles. The van der Waals surface area contributed by atoms with Crippen molar-refractivity contribution < 1.29 is 18.0 Å². The lowest BCUT2D eigenvalue weighted by Crippen LogP contribution is -2.35. The highest BCUT2D eigenvalue weighted by molar-refractivity contribution is 7.99. The van der Waals surface area contributed by atoms with Crippen molar-refractivity contribution in [2.45, 2.75) is 49.1 Å². The second-order valence-electron chi connectivity index (χ2n) is 9.00. The van der Waals surface area contributed by atoms with Crippen molar-refractivity contribution >= 4 is 45.1 Å². The Morgan fingerprint density at radius 3 is 2.47 bits per heavy atom. The molecule has 4 rings (SSSR count). The molecule has 2 heterocycles. The molecule has 0 radical (unpaired) electrons. The molecule has 1 amide bonds. The van der Waals surface area contributed by atoms with E-state index in [1.54, 1.807) is 24.3 Å². The van der Waals surface area contributed by atoms with E-state index >= 15 is 0 Å². The van der Waals surface area contributed by atoms with E-state index in [-0.39, 0.29) is 22.3 Å². The number of amides is 1. The van der Waals surface area contributed by atoms with Gasteiger partial charge in [-0.3, -0.25) is 14.2 Å². The van der Waals surface area contributed by atoms with E-state index in [0.717, 1.165) is 24.9 Å². The van der Waals surface area contributed by atoms with Crippen LogP contribution in [-0.4, -0.2) is 64.6 Å². The highest BCUT2D eigenvalue weighted by Gasteiger charge is 2.26. The van der Waals surface area contributed by atoms with Crippen LogP contribution in [0.25, 0.3) is 5.69 Å². The van der Waals surface area contributed by atoms with Crippen molar-refractivity contribution in [1.29, 1.82) is 0 Å². The number of carbonyl (C=O) groups is 2. The van der Waals surface area contributed by atoms with Gasteiger partial charge in [-0.05, 0) is 49.6 Å². The SMILES string of the molecule is CC(=O)NCCCc1nnc(SCC(=O)c2ccc(S(=O)(=O)N3CCCCC3)cc2)n1-c1cccc(Cl)c1. The Kier molecular flexibility index (Phi) is 9.59. The highest BCUT2D eigenvalue weighted by atomic mass is 35.5. The van der Waals surface area contributed by atoms with E-state index in [1.165, 1.54) is 35.1 Å². The van der Waals surface area contributed by atoms with Crippen LogP contribution in [0.1, 0.15) is 48.8 Å². The number of aryl methyl sites for hydroxylation is 1. The summed E-state index contributed by atoms with van der Waals surface area (Å²) in [4.78, 5) is 24.3. The highest BCUT2D eigenvalue weighted by Crippen LogP contribution is 2.26. The maximum atomic E-state index is 13.0. The van der Waals surface area contributed by atoms with Gasteiger partial charge in [0.25, 0.3) is 0 Å². The fraction of sp³-hybridized carbons (Fsp3) is 0.385. The average Bonchev–Trinajstić information content (AvgIpc) is 3.33. The molecule has 1 aromatic heterocycles. The number of thioether (sulfide) groups is 1. The number of hydrogen-bond donors (Lipinski definition) is 1. The smallest absolute Gasteiger partial charge is 0.243 e. The minimum Gasteiger partial charge on any atom is -0.356 e. The first-order valence-electron chi connectivity index (χ1n) is 12.5. The molecule has 0 spiro atoms. The van der Waals surface area contributed by atoms with Gasteiger partial charge in [0.15, 0.2) is 10.9 Å². The van der Waals surface area contributed by atoms with E-state index in [4.69, 9.17) is 11.6 Å². The van der Waals surface area contributed by atoms with Gasteiger partial charge in [0, 0.05) is 43.6 Å². The second kappa shape index (κ2) is 12.9. The molecule has 1 aliphatic rings. The summed E-state index contributed by atoms with van der Waals surface area (Å²) in [5, 5.41) is 12.5. The molecule has 0 atom stereocenters. The number of benzene rings is 2. The number of nitrogens with zero attached hydrogens (tertiary/aromatic N) is 4. The Hall–Kier alpha value is -2.73. The van der Waals surface area contributed by atoms with Crippen LogP contribution < -0.4 is 5.32 Å². The zero-order chi connectivity index (χ0) is 27.1. The number of carbonyl (C=O) groups excluding carboxylic acids is 2. The first-order chi connectivity index (χ1) is 18.3. The topological polar surface area (TPSA) is 114 Å². The number of sulfonamides is 1. The summed E-state index contributed by atoms with van der Waals surface area (Å²) in [5.41, 5.74) is 1.21. The maximum absolute atomic E-state index is 13.0. The molecule has 1 aliphatic heterocycles. The van der Waals surface area contributed by atoms with E-state index < -0.39 is 10.0 Å². The zero-order valence-electron chi connectivity index (χ0n) is 21.1. The van der Waals surface area contributed by atoms with Gasteiger partial charge in [-0.1, -0.05) is 48.0 Å². The van der Waals surface area contributed by atoms with Crippen LogP contribution in [0.5, 0.6) is 0 Å². The molecular formula is C26H30ClN5O4S2. The fourth-order valence-electron chi connectivity index (χ4n) is 4.22. The van der Waals surface area contributed by atoms with Crippen LogP contribution in [0.15, 0.2) is 58.6 Å². The van der Waals surface area contributed by atoms with Crippen molar-refractivity contribution in [2.75, 3.05) is 25.4 Å². The molecule has 38 heavy (non-hydrogen) atoms. The normalized spacial score (nSPS) is 14.4.